The van der Waals surface area contributed by atoms with E-state index >= 15 is 0 Å². The first kappa shape index (κ1) is 9.07. The van der Waals surface area contributed by atoms with Gasteiger partial charge in [0.15, 0.2) is 0 Å². The lowest BCUT2D eigenvalue weighted by Gasteiger charge is -2.04. The Labute approximate surface area is 83.9 Å². The molecule has 0 radical (unpaired) electrons. The highest BCUT2D eigenvalue weighted by atomic mass is 35.5. The van der Waals surface area contributed by atoms with Crippen LogP contribution in [-0.2, 0) is 13.5 Å². The smallest absolute Gasteiger partial charge is 0.0625 e. The third kappa shape index (κ3) is 2.47. The largest absolute Gasteiger partial charge is 0.276 e. The number of aromatic nitrogens is 2. The maximum absolute atomic E-state index is 6.20. The number of halogens is 1. The van der Waals surface area contributed by atoms with E-state index in [-0.39, 0.29) is 0 Å². The van der Waals surface area contributed by atoms with E-state index in [9.17, 15) is 0 Å². The normalized spacial score (nSPS) is 18.9. The van der Waals surface area contributed by atoms with Gasteiger partial charge in [0.05, 0.1) is 5.69 Å². The van der Waals surface area contributed by atoms with E-state index in [1.54, 1.807) is 0 Å². The highest BCUT2D eigenvalue weighted by molar-refractivity contribution is 6.20. The van der Waals surface area contributed by atoms with Crippen molar-refractivity contribution in [1.82, 2.24) is 9.78 Å². The summed E-state index contributed by atoms with van der Waals surface area (Å²) in [6, 6.07) is 2.07. The molecular formula is C10H15ClN2. The van der Waals surface area contributed by atoms with Crippen LogP contribution in [0.5, 0.6) is 0 Å². The monoisotopic (exact) mass is 198 g/mol. The van der Waals surface area contributed by atoms with Gasteiger partial charge in [-0.1, -0.05) is 0 Å². The second kappa shape index (κ2) is 3.70. The van der Waals surface area contributed by atoms with Crippen LogP contribution in [0.4, 0.5) is 0 Å². The van der Waals surface area contributed by atoms with E-state index < -0.39 is 0 Å². The van der Waals surface area contributed by atoms with Crippen LogP contribution in [0, 0.1) is 5.92 Å². The number of alkyl halides is 1. The molecule has 1 aliphatic carbocycles. The second-order valence-corrected chi connectivity index (χ2v) is 4.43. The SMILES string of the molecule is Cn1ccc(CCC(Cl)C2CC2)n1. The molecule has 0 amide bonds. The zero-order valence-corrected chi connectivity index (χ0v) is 8.67. The average Bonchev–Trinajstić information content (AvgIpc) is 2.87. The third-order valence-electron chi connectivity index (χ3n) is 2.58. The summed E-state index contributed by atoms with van der Waals surface area (Å²) in [6.07, 6.45) is 6.73. The fraction of sp³-hybridized carbons (Fsp3) is 0.700. The van der Waals surface area contributed by atoms with Gasteiger partial charge in [-0.25, -0.2) is 0 Å². The summed E-state index contributed by atoms with van der Waals surface area (Å²) in [6.45, 7) is 0. The Morgan fingerprint density at radius 3 is 3.00 bits per heavy atom. The molecule has 72 valence electrons. The Morgan fingerprint density at radius 1 is 1.69 bits per heavy atom. The maximum Gasteiger partial charge on any atom is 0.0625 e. The van der Waals surface area contributed by atoms with Crippen LogP contribution in [0.2, 0.25) is 0 Å². The summed E-state index contributed by atoms with van der Waals surface area (Å²) >= 11 is 6.20. The highest BCUT2D eigenvalue weighted by Gasteiger charge is 2.29. The first-order chi connectivity index (χ1) is 6.25. The molecule has 1 saturated carbocycles. The van der Waals surface area contributed by atoms with Crippen LogP contribution < -0.4 is 0 Å². The predicted molar refractivity (Wildman–Crippen MR) is 53.9 cm³/mol. The van der Waals surface area contributed by atoms with Gasteiger partial charge in [0.2, 0.25) is 0 Å². The van der Waals surface area contributed by atoms with Gasteiger partial charge in [-0.15, -0.1) is 11.6 Å². The van der Waals surface area contributed by atoms with Crippen molar-refractivity contribution < 1.29 is 0 Å². The fourth-order valence-corrected chi connectivity index (χ4v) is 1.94. The molecule has 0 saturated heterocycles. The van der Waals surface area contributed by atoms with Crippen molar-refractivity contribution in [2.24, 2.45) is 13.0 Å². The van der Waals surface area contributed by atoms with Crippen LogP contribution >= 0.6 is 11.6 Å². The molecule has 1 heterocycles. The molecule has 0 N–H and O–H groups in total. The van der Waals surface area contributed by atoms with E-state index in [4.69, 9.17) is 11.6 Å². The van der Waals surface area contributed by atoms with Gasteiger partial charge >= 0.3 is 0 Å². The quantitative estimate of drug-likeness (QED) is 0.680. The molecule has 2 nitrogen and oxygen atoms in total. The van der Waals surface area contributed by atoms with Crippen molar-refractivity contribution in [2.75, 3.05) is 0 Å². The number of aryl methyl sites for hydroxylation is 2. The Kier molecular flexibility index (Phi) is 2.58. The lowest BCUT2D eigenvalue weighted by molar-refractivity contribution is 0.656. The van der Waals surface area contributed by atoms with Gasteiger partial charge in [-0.2, -0.15) is 5.10 Å². The van der Waals surface area contributed by atoms with E-state index in [1.165, 1.54) is 12.8 Å². The predicted octanol–water partition coefficient (Wildman–Crippen LogP) is 2.37. The zero-order chi connectivity index (χ0) is 9.26. The van der Waals surface area contributed by atoms with Crippen LogP contribution in [0.3, 0.4) is 0 Å². The minimum Gasteiger partial charge on any atom is -0.276 e. The van der Waals surface area contributed by atoms with Crippen molar-refractivity contribution in [3.63, 3.8) is 0 Å². The minimum atomic E-state index is 0.377. The third-order valence-corrected chi connectivity index (χ3v) is 3.15. The molecule has 13 heavy (non-hydrogen) atoms. The molecule has 0 bridgehead atoms. The summed E-state index contributed by atoms with van der Waals surface area (Å²) in [7, 11) is 1.95. The molecule has 1 atom stereocenters. The summed E-state index contributed by atoms with van der Waals surface area (Å²) in [5.74, 6) is 0.797. The second-order valence-electron chi connectivity index (χ2n) is 3.87. The number of hydrogen-bond donors (Lipinski definition) is 0. The molecule has 1 aromatic heterocycles. The van der Waals surface area contributed by atoms with Crippen molar-refractivity contribution >= 4 is 11.6 Å². The zero-order valence-electron chi connectivity index (χ0n) is 7.91. The van der Waals surface area contributed by atoms with Gasteiger partial charge in [-0.3, -0.25) is 4.68 Å². The Morgan fingerprint density at radius 2 is 2.46 bits per heavy atom. The van der Waals surface area contributed by atoms with Gasteiger partial charge in [0.1, 0.15) is 0 Å². The van der Waals surface area contributed by atoms with Crippen molar-refractivity contribution in [1.29, 1.82) is 0 Å². The molecule has 2 rings (SSSR count). The molecule has 3 heteroatoms. The molecule has 0 aliphatic heterocycles. The van der Waals surface area contributed by atoms with Crippen molar-refractivity contribution in [3.8, 4) is 0 Å². The Hall–Kier alpha value is -0.500. The molecular weight excluding hydrogens is 184 g/mol. The Bertz CT molecular complexity index is 278. The summed E-state index contributed by atoms with van der Waals surface area (Å²) < 4.78 is 1.84. The standard InChI is InChI=1S/C10H15ClN2/c1-13-7-6-9(12-13)4-5-10(11)8-2-3-8/h6-8,10H,2-5H2,1H3. The lowest BCUT2D eigenvalue weighted by Crippen LogP contribution is -2.03. The van der Waals surface area contributed by atoms with E-state index in [0.717, 1.165) is 24.5 Å². The summed E-state index contributed by atoms with van der Waals surface area (Å²) in [5, 5.41) is 4.70. The molecule has 1 unspecified atom stereocenters. The molecule has 1 fully saturated rings. The van der Waals surface area contributed by atoms with Gasteiger partial charge in [0, 0.05) is 18.6 Å². The van der Waals surface area contributed by atoms with E-state index in [2.05, 4.69) is 11.2 Å². The van der Waals surface area contributed by atoms with Crippen LogP contribution in [-0.4, -0.2) is 15.2 Å². The van der Waals surface area contributed by atoms with Gasteiger partial charge in [-0.05, 0) is 37.7 Å². The first-order valence-electron chi connectivity index (χ1n) is 4.88. The molecule has 0 spiro atoms. The topological polar surface area (TPSA) is 17.8 Å². The van der Waals surface area contributed by atoms with Gasteiger partial charge in [0.25, 0.3) is 0 Å². The average molecular weight is 199 g/mol. The van der Waals surface area contributed by atoms with Crippen molar-refractivity contribution in [2.45, 2.75) is 31.1 Å². The number of nitrogens with zero attached hydrogens (tertiary/aromatic N) is 2. The number of hydrogen-bond acceptors (Lipinski definition) is 1. The first-order valence-corrected chi connectivity index (χ1v) is 5.32. The van der Waals surface area contributed by atoms with Crippen molar-refractivity contribution in [3.05, 3.63) is 18.0 Å². The summed E-state index contributed by atoms with van der Waals surface area (Å²) in [5.41, 5.74) is 1.16. The van der Waals surface area contributed by atoms with Crippen LogP contribution in [0.25, 0.3) is 0 Å². The minimum absolute atomic E-state index is 0.377. The lowest BCUT2D eigenvalue weighted by atomic mass is 10.1. The van der Waals surface area contributed by atoms with E-state index in [0.29, 0.717) is 5.38 Å². The molecule has 0 aromatic carbocycles. The van der Waals surface area contributed by atoms with Crippen LogP contribution in [0.15, 0.2) is 12.3 Å². The maximum atomic E-state index is 6.20. The van der Waals surface area contributed by atoms with Gasteiger partial charge < -0.3 is 0 Å². The molecule has 1 aromatic rings. The fourth-order valence-electron chi connectivity index (χ4n) is 1.58. The number of rotatable bonds is 4. The Balaban J connectivity index is 1.78. The highest BCUT2D eigenvalue weighted by Crippen LogP contribution is 2.37. The van der Waals surface area contributed by atoms with Crippen LogP contribution in [0.1, 0.15) is 25.0 Å². The molecule has 1 aliphatic rings. The van der Waals surface area contributed by atoms with E-state index in [1.807, 2.05) is 17.9 Å². The summed E-state index contributed by atoms with van der Waals surface area (Å²) in [4.78, 5) is 0.